The van der Waals surface area contributed by atoms with E-state index in [-0.39, 0.29) is 17.9 Å². The highest BCUT2D eigenvalue weighted by atomic mass is 32.1. The number of amides is 1. The van der Waals surface area contributed by atoms with E-state index in [4.69, 9.17) is 9.26 Å². The van der Waals surface area contributed by atoms with Gasteiger partial charge in [0.2, 0.25) is 0 Å². The van der Waals surface area contributed by atoms with Gasteiger partial charge in [-0.25, -0.2) is 9.97 Å². The van der Waals surface area contributed by atoms with Gasteiger partial charge in [0.05, 0.1) is 29.8 Å². The zero-order chi connectivity index (χ0) is 19.1. The van der Waals surface area contributed by atoms with Crippen LogP contribution in [0.4, 0.5) is 0 Å². The summed E-state index contributed by atoms with van der Waals surface area (Å²) in [6.45, 7) is 9.39. The molecule has 27 heavy (non-hydrogen) atoms. The van der Waals surface area contributed by atoms with E-state index in [2.05, 4.69) is 15.1 Å². The summed E-state index contributed by atoms with van der Waals surface area (Å²) in [5.41, 5.74) is 3.49. The van der Waals surface area contributed by atoms with Crippen LogP contribution in [0.3, 0.4) is 0 Å². The molecular formula is C19H22N4O3S. The lowest BCUT2D eigenvalue weighted by molar-refractivity contribution is -0.0228. The minimum absolute atomic E-state index is 0.0443. The van der Waals surface area contributed by atoms with Gasteiger partial charge in [-0.05, 0) is 25.8 Å². The van der Waals surface area contributed by atoms with Crippen molar-refractivity contribution in [2.75, 3.05) is 19.7 Å². The van der Waals surface area contributed by atoms with Crippen molar-refractivity contribution in [3.8, 4) is 0 Å². The average molecular weight is 386 g/mol. The van der Waals surface area contributed by atoms with E-state index in [9.17, 15) is 4.79 Å². The van der Waals surface area contributed by atoms with Gasteiger partial charge in [0, 0.05) is 23.3 Å². The molecule has 4 heterocycles. The fourth-order valence-corrected chi connectivity index (χ4v) is 4.17. The number of nitrogens with zero attached hydrogens (tertiary/aromatic N) is 4. The molecule has 3 aromatic heterocycles. The Bertz CT molecular complexity index is 994. The lowest BCUT2D eigenvalue weighted by atomic mass is 10.0. The minimum atomic E-state index is -0.188. The molecule has 7 nitrogen and oxygen atoms in total. The number of aryl methyl sites for hydroxylation is 2. The first kappa shape index (κ1) is 18.1. The van der Waals surface area contributed by atoms with E-state index in [1.165, 1.54) is 0 Å². The summed E-state index contributed by atoms with van der Waals surface area (Å²) in [5, 5.41) is 7.78. The first-order chi connectivity index (χ1) is 12.9. The number of carbonyl (C=O) groups excluding carboxylic acids is 1. The van der Waals surface area contributed by atoms with Crippen molar-refractivity contribution in [3.05, 3.63) is 39.1 Å². The van der Waals surface area contributed by atoms with Gasteiger partial charge in [0.1, 0.15) is 11.1 Å². The smallest absolute Gasteiger partial charge is 0.259 e. The molecule has 0 aliphatic carbocycles. The summed E-state index contributed by atoms with van der Waals surface area (Å²) >= 11 is 1.57. The molecule has 8 heteroatoms. The fraction of sp³-hybridized carbons (Fsp3) is 0.474. The van der Waals surface area contributed by atoms with E-state index in [1.54, 1.807) is 11.3 Å². The molecule has 1 amide bonds. The van der Waals surface area contributed by atoms with Crippen molar-refractivity contribution in [1.82, 2.24) is 20.0 Å². The van der Waals surface area contributed by atoms with Gasteiger partial charge < -0.3 is 14.2 Å². The monoisotopic (exact) mass is 386 g/mol. The second-order valence-electron chi connectivity index (χ2n) is 7.15. The van der Waals surface area contributed by atoms with Gasteiger partial charge in [-0.3, -0.25) is 4.79 Å². The van der Waals surface area contributed by atoms with Gasteiger partial charge in [0.25, 0.3) is 11.6 Å². The van der Waals surface area contributed by atoms with E-state index in [0.29, 0.717) is 36.4 Å². The lowest BCUT2D eigenvalue weighted by Gasteiger charge is -2.32. The Kier molecular flexibility index (Phi) is 4.69. The first-order valence-corrected chi connectivity index (χ1v) is 9.92. The normalized spacial score (nSPS) is 17.8. The topological polar surface area (TPSA) is 81.4 Å². The predicted molar refractivity (Wildman–Crippen MR) is 102 cm³/mol. The van der Waals surface area contributed by atoms with Crippen LogP contribution in [0.2, 0.25) is 0 Å². The maximum atomic E-state index is 13.4. The van der Waals surface area contributed by atoms with Gasteiger partial charge in [-0.1, -0.05) is 19.0 Å². The van der Waals surface area contributed by atoms with Crippen LogP contribution in [0.5, 0.6) is 0 Å². The average Bonchev–Trinajstić information content (AvgIpc) is 3.26. The second kappa shape index (κ2) is 7.01. The summed E-state index contributed by atoms with van der Waals surface area (Å²) in [5.74, 6) is 0.0928. The predicted octanol–water partition coefficient (Wildman–Crippen LogP) is 3.63. The van der Waals surface area contributed by atoms with Crippen LogP contribution in [-0.2, 0) is 4.74 Å². The summed E-state index contributed by atoms with van der Waals surface area (Å²) in [6.07, 6.45) is -0.188. The second-order valence-corrected chi connectivity index (χ2v) is 8.04. The molecule has 0 bridgehead atoms. The van der Waals surface area contributed by atoms with Gasteiger partial charge in [-0.15, -0.1) is 11.3 Å². The van der Waals surface area contributed by atoms with Crippen molar-refractivity contribution in [1.29, 1.82) is 0 Å². The van der Waals surface area contributed by atoms with Crippen LogP contribution in [0.1, 0.15) is 58.3 Å². The molecule has 1 atom stereocenters. The van der Waals surface area contributed by atoms with Crippen molar-refractivity contribution in [2.24, 2.45) is 0 Å². The molecule has 1 fully saturated rings. The number of hydrogen-bond donors (Lipinski definition) is 0. The standard InChI is InChI=1S/C19H22N4O3S/c1-10(2)16-15-13(7-11(3)20-17(15)26-22-16)19(24)23-5-6-25-14(8-23)18-21-12(4)9-27-18/h7,9-10,14H,5-6,8H2,1-4H3. The minimum Gasteiger partial charge on any atom is -0.367 e. The van der Waals surface area contributed by atoms with Crippen molar-refractivity contribution >= 4 is 28.3 Å². The molecule has 3 aromatic rings. The van der Waals surface area contributed by atoms with Crippen molar-refractivity contribution < 1.29 is 14.1 Å². The van der Waals surface area contributed by atoms with Gasteiger partial charge in [0.15, 0.2) is 0 Å². The molecule has 1 saturated heterocycles. The Morgan fingerprint density at radius 2 is 2.11 bits per heavy atom. The molecule has 0 spiro atoms. The van der Waals surface area contributed by atoms with Crippen LogP contribution in [0, 0.1) is 13.8 Å². The summed E-state index contributed by atoms with van der Waals surface area (Å²) in [6, 6.07) is 1.83. The molecule has 0 radical (unpaired) electrons. The zero-order valence-electron chi connectivity index (χ0n) is 15.9. The third-order valence-corrected chi connectivity index (χ3v) is 5.70. The summed E-state index contributed by atoms with van der Waals surface area (Å²) in [4.78, 5) is 24.1. The number of morpholine rings is 1. The third kappa shape index (κ3) is 3.35. The van der Waals surface area contributed by atoms with Gasteiger partial charge >= 0.3 is 0 Å². The SMILES string of the molecule is Cc1csc(C2CN(C(=O)c3cc(C)nc4onc(C(C)C)c34)CCO2)n1. The Morgan fingerprint density at radius 1 is 1.30 bits per heavy atom. The summed E-state index contributed by atoms with van der Waals surface area (Å²) < 4.78 is 11.3. The highest BCUT2D eigenvalue weighted by Gasteiger charge is 2.30. The number of carbonyl (C=O) groups is 1. The number of aromatic nitrogens is 3. The highest BCUT2D eigenvalue weighted by Crippen LogP contribution is 2.30. The molecule has 1 aliphatic heterocycles. The molecule has 4 rings (SSSR count). The Morgan fingerprint density at radius 3 is 2.81 bits per heavy atom. The lowest BCUT2D eigenvalue weighted by Crippen LogP contribution is -2.42. The number of pyridine rings is 1. The number of ether oxygens (including phenoxy) is 1. The molecule has 142 valence electrons. The van der Waals surface area contributed by atoms with Crippen LogP contribution >= 0.6 is 11.3 Å². The maximum absolute atomic E-state index is 13.4. The molecule has 1 unspecified atom stereocenters. The van der Waals surface area contributed by atoms with Crippen LogP contribution in [0.25, 0.3) is 11.1 Å². The molecule has 0 aromatic carbocycles. The summed E-state index contributed by atoms with van der Waals surface area (Å²) in [7, 11) is 0. The first-order valence-electron chi connectivity index (χ1n) is 9.04. The van der Waals surface area contributed by atoms with E-state index < -0.39 is 0 Å². The molecular weight excluding hydrogens is 364 g/mol. The highest BCUT2D eigenvalue weighted by molar-refractivity contribution is 7.09. The maximum Gasteiger partial charge on any atom is 0.259 e. The molecule has 0 saturated carbocycles. The van der Waals surface area contributed by atoms with E-state index >= 15 is 0 Å². The van der Waals surface area contributed by atoms with Gasteiger partial charge in [-0.2, -0.15) is 0 Å². The van der Waals surface area contributed by atoms with Crippen LogP contribution < -0.4 is 0 Å². The van der Waals surface area contributed by atoms with E-state index in [0.717, 1.165) is 22.1 Å². The van der Waals surface area contributed by atoms with Crippen LogP contribution in [-0.4, -0.2) is 45.6 Å². The number of fused-ring (bicyclic) bond motifs is 1. The van der Waals surface area contributed by atoms with Crippen molar-refractivity contribution in [3.63, 3.8) is 0 Å². The fourth-order valence-electron chi connectivity index (χ4n) is 3.33. The number of rotatable bonds is 3. The number of hydrogen-bond acceptors (Lipinski definition) is 7. The zero-order valence-corrected chi connectivity index (χ0v) is 16.7. The Balaban J connectivity index is 1.69. The molecule has 0 N–H and O–H groups in total. The van der Waals surface area contributed by atoms with E-state index in [1.807, 2.05) is 44.0 Å². The largest absolute Gasteiger partial charge is 0.367 e. The van der Waals surface area contributed by atoms with Crippen molar-refractivity contribution in [2.45, 2.75) is 39.7 Å². The third-order valence-electron chi connectivity index (χ3n) is 4.64. The van der Waals surface area contributed by atoms with Crippen LogP contribution in [0.15, 0.2) is 16.0 Å². The quantitative estimate of drug-likeness (QED) is 0.684. The Hall–Kier alpha value is -2.32. The Labute approximate surface area is 161 Å². The number of thiazole rings is 1. The molecule has 1 aliphatic rings.